The molecule has 106 valence electrons. The molecule has 0 aromatic heterocycles. The number of halogens is 2. The van der Waals surface area contributed by atoms with Crippen molar-refractivity contribution in [2.45, 2.75) is 26.4 Å². The fourth-order valence-corrected chi connectivity index (χ4v) is 2.88. The van der Waals surface area contributed by atoms with E-state index in [0.717, 1.165) is 22.0 Å². The zero-order valence-electron chi connectivity index (χ0n) is 11.6. The van der Waals surface area contributed by atoms with Crippen LogP contribution in [-0.2, 0) is 6.42 Å². The predicted octanol–water partition coefficient (Wildman–Crippen LogP) is 5.38. The monoisotopic (exact) mass is 352 g/mol. The smallest absolute Gasteiger partial charge is 0.106 e. The molecule has 0 bridgehead atoms. The number of aliphatic hydroxyl groups is 1. The van der Waals surface area contributed by atoms with Gasteiger partial charge < -0.3 is 5.11 Å². The Bertz CT molecular complexity index is 595. The third-order valence-electron chi connectivity index (χ3n) is 3.19. The van der Waals surface area contributed by atoms with Gasteiger partial charge >= 0.3 is 0 Å². The normalized spacial score (nSPS) is 12.7. The van der Waals surface area contributed by atoms with Crippen molar-refractivity contribution in [3.63, 3.8) is 0 Å². The fraction of sp³-hybridized carbons (Fsp3) is 0.294. The minimum Gasteiger partial charge on any atom is -0.384 e. The van der Waals surface area contributed by atoms with E-state index < -0.39 is 6.10 Å². The van der Waals surface area contributed by atoms with Crippen LogP contribution in [0, 0.1) is 5.92 Å². The van der Waals surface area contributed by atoms with Crippen LogP contribution in [0.5, 0.6) is 0 Å². The second-order valence-electron chi connectivity index (χ2n) is 5.39. The lowest BCUT2D eigenvalue weighted by atomic mass is 9.96. The van der Waals surface area contributed by atoms with Gasteiger partial charge in [0.25, 0.3) is 0 Å². The first-order valence-electron chi connectivity index (χ1n) is 6.70. The molecule has 1 unspecified atom stereocenters. The molecule has 1 atom stereocenters. The Balaban J connectivity index is 2.33. The highest BCUT2D eigenvalue weighted by molar-refractivity contribution is 9.10. The number of hydrogen-bond acceptors (Lipinski definition) is 1. The van der Waals surface area contributed by atoms with Crippen molar-refractivity contribution < 1.29 is 5.11 Å². The molecule has 0 radical (unpaired) electrons. The molecule has 0 amide bonds. The highest BCUT2D eigenvalue weighted by atomic mass is 79.9. The molecular formula is C17H18BrClO. The maximum absolute atomic E-state index is 10.6. The van der Waals surface area contributed by atoms with Crippen molar-refractivity contribution in [2.75, 3.05) is 0 Å². The first-order chi connectivity index (χ1) is 9.49. The van der Waals surface area contributed by atoms with Crippen LogP contribution in [0.4, 0.5) is 0 Å². The van der Waals surface area contributed by atoms with E-state index in [1.807, 2.05) is 30.3 Å². The van der Waals surface area contributed by atoms with E-state index in [-0.39, 0.29) is 0 Å². The number of aliphatic hydroxyl groups excluding tert-OH is 1. The summed E-state index contributed by atoms with van der Waals surface area (Å²) in [6.45, 7) is 4.38. The van der Waals surface area contributed by atoms with Crippen molar-refractivity contribution in [3.8, 4) is 0 Å². The first kappa shape index (κ1) is 15.6. The molecule has 2 aromatic rings. The summed E-state index contributed by atoms with van der Waals surface area (Å²) in [6.07, 6.45) is 0.305. The van der Waals surface area contributed by atoms with Gasteiger partial charge in [-0.1, -0.05) is 61.8 Å². The molecule has 0 aliphatic carbocycles. The van der Waals surface area contributed by atoms with Gasteiger partial charge in [-0.05, 0) is 45.5 Å². The van der Waals surface area contributed by atoms with Gasteiger partial charge in [0.15, 0.2) is 0 Å². The van der Waals surface area contributed by atoms with Crippen molar-refractivity contribution >= 4 is 27.5 Å². The maximum atomic E-state index is 10.6. The summed E-state index contributed by atoms with van der Waals surface area (Å²) >= 11 is 9.65. The Kier molecular flexibility index (Phi) is 5.25. The molecular weight excluding hydrogens is 336 g/mol. The van der Waals surface area contributed by atoms with Crippen molar-refractivity contribution in [3.05, 3.63) is 68.7 Å². The number of rotatable bonds is 4. The van der Waals surface area contributed by atoms with Gasteiger partial charge in [-0.2, -0.15) is 0 Å². The second-order valence-corrected chi connectivity index (χ2v) is 6.62. The molecule has 0 saturated carbocycles. The number of hydrogen-bond donors (Lipinski definition) is 1. The standard InChI is InChI=1S/C17H18BrClO/c1-11(2)9-12-5-3-6-13(10-12)17(20)14-7-4-8-15(18)16(14)19/h3-8,10-11,17,20H,9H2,1-2H3. The van der Waals surface area contributed by atoms with E-state index >= 15 is 0 Å². The van der Waals surface area contributed by atoms with Gasteiger partial charge in [0.05, 0.1) is 5.02 Å². The summed E-state index contributed by atoms with van der Waals surface area (Å²) in [5.74, 6) is 0.594. The lowest BCUT2D eigenvalue weighted by Gasteiger charge is -2.15. The largest absolute Gasteiger partial charge is 0.384 e. The number of benzene rings is 2. The van der Waals surface area contributed by atoms with Gasteiger partial charge in [-0.15, -0.1) is 0 Å². The minimum atomic E-state index is -0.702. The lowest BCUT2D eigenvalue weighted by molar-refractivity contribution is 0.220. The summed E-state index contributed by atoms with van der Waals surface area (Å²) in [7, 11) is 0. The summed E-state index contributed by atoms with van der Waals surface area (Å²) in [4.78, 5) is 0. The molecule has 0 aliphatic heterocycles. The van der Waals surface area contributed by atoms with Crippen LogP contribution in [0.15, 0.2) is 46.9 Å². The van der Waals surface area contributed by atoms with Crippen LogP contribution in [0.3, 0.4) is 0 Å². The molecule has 1 N–H and O–H groups in total. The Morgan fingerprint density at radius 1 is 1.15 bits per heavy atom. The van der Waals surface area contributed by atoms with E-state index in [0.29, 0.717) is 10.9 Å². The molecule has 3 heteroatoms. The van der Waals surface area contributed by atoms with Gasteiger partial charge in [0.1, 0.15) is 6.10 Å². The molecule has 2 rings (SSSR count). The van der Waals surface area contributed by atoms with Crippen LogP contribution in [0.2, 0.25) is 5.02 Å². The fourth-order valence-electron chi connectivity index (χ4n) is 2.27. The Labute approximate surface area is 133 Å². The first-order valence-corrected chi connectivity index (χ1v) is 7.87. The molecule has 0 saturated heterocycles. The third kappa shape index (κ3) is 3.63. The van der Waals surface area contributed by atoms with E-state index in [1.165, 1.54) is 5.56 Å². The molecule has 0 heterocycles. The highest BCUT2D eigenvalue weighted by Crippen LogP contribution is 2.33. The lowest BCUT2D eigenvalue weighted by Crippen LogP contribution is -2.02. The van der Waals surface area contributed by atoms with E-state index in [2.05, 4.69) is 41.9 Å². The quantitative estimate of drug-likeness (QED) is 0.782. The average molecular weight is 354 g/mol. The Morgan fingerprint density at radius 3 is 2.55 bits per heavy atom. The molecule has 20 heavy (non-hydrogen) atoms. The van der Waals surface area contributed by atoms with Crippen LogP contribution in [0.25, 0.3) is 0 Å². The van der Waals surface area contributed by atoms with Gasteiger partial charge in [-0.3, -0.25) is 0 Å². The Morgan fingerprint density at radius 2 is 1.85 bits per heavy atom. The summed E-state index contributed by atoms with van der Waals surface area (Å²) < 4.78 is 0.800. The molecule has 2 aromatic carbocycles. The highest BCUT2D eigenvalue weighted by Gasteiger charge is 2.15. The topological polar surface area (TPSA) is 20.2 Å². The van der Waals surface area contributed by atoms with Crippen molar-refractivity contribution in [2.24, 2.45) is 5.92 Å². The maximum Gasteiger partial charge on any atom is 0.106 e. The molecule has 0 aliphatic rings. The van der Waals surface area contributed by atoms with Gasteiger partial charge in [-0.25, -0.2) is 0 Å². The van der Waals surface area contributed by atoms with Crippen LogP contribution < -0.4 is 0 Å². The molecule has 1 nitrogen and oxygen atoms in total. The van der Waals surface area contributed by atoms with E-state index in [9.17, 15) is 5.11 Å². The predicted molar refractivity (Wildman–Crippen MR) is 88.2 cm³/mol. The third-order valence-corrected chi connectivity index (χ3v) is 4.50. The van der Waals surface area contributed by atoms with E-state index in [1.54, 1.807) is 0 Å². The second kappa shape index (κ2) is 6.75. The minimum absolute atomic E-state index is 0.564. The Hall–Kier alpha value is -0.830. The van der Waals surface area contributed by atoms with Gasteiger partial charge in [0.2, 0.25) is 0 Å². The van der Waals surface area contributed by atoms with Crippen molar-refractivity contribution in [1.82, 2.24) is 0 Å². The molecule has 0 fully saturated rings. The van der Waals surface area contributed by atoms with Crippen molar-refractivity contribution in [1.29, 1.82) is 0 Å². The van der Waals surface area contributed by atoms with Crippen LogP contribution in [-0.4, -0.2) is 5.11 Å². The zero-order valence-corrected chi connectivity index (χ0v) is 13.9. The SMILES string of the molecule is CC(C)Cc1cccc(C(O)c2cccc(Br)c2Cl)c1. The van der Waals surface area contributed by atoms with Gasteiger partial charge in [0, 0.05) is 10.0 Å². The van der Waals surface area contributed by atoms with Crippen LogP contribution >= 0.6 is 27.5 Å². The molecule has 0 spiro atoms. The average Bonchev–Trinajstić information content (AvgIpc) is 2.41. The summed E-state index contributed by atoms with van der Waals surface area (Å²) in [5.41, 5.74) is 2.84. The van der Waals surface area contributed by atoms with E-state index in [4.69, 9.17) is 11.6 Å². The zero-order chi connectivity index (χ0) is 14.7. The van der Waals surface area contributed by atoms with Crippen LogP contribution in [0.1, 0.15) is 36.6 Å². The summed E-state index contributed by atoms with van der Waals surface area (Å²) in [6, 6.07) is 13.7. The summed E-state index contributed by atoms with van der Waals surface area (Å²) in [5, 5.41) is 11.1.